The van der Waals surface area contributed by atoms with Gasteiger partial charge >= 0.3 is 0 Å². The molecule has 0 aliphatic carbocycles. The van der Waals surface area contributed by atoms with E-state index in [1.165, 1.54) is 25.9 Å². The van der Waals surface area contributed by atoms with E-state index in [2.05, 4.69) is 15.3 Å². The van der Waals surface area contributed by atoms with Crippen molar-refractivity contribution in [2.45, 2.75) is 19.3 Å². The number of piperazine rings is 1. The summed E-state index contributed by atoms with van der Waals surface area (Å²) in [5.41, 5.74) is 0. The van der Waals surface area contributed by atoms with Crippen LogP contribution in [0.2, 0.25) is 0 Å². The van der Waals surface area contributed by atoms with Crippen molar-refractivity contribution < 1.29 is 9.84 Å². The van der Waals surface area contributed by atoms with Crippen LogP contribution in [0, 0.1) is 5.92 Å². The van der Waals surface area contributed by atoms with Crippen molar-refractivity contribution in [1.29, 1.82) is 0 Å². The van der Waals surface area contributed by atoms with Crippen LogP contribution in [0.5, 0.6) is 0 Å². The van der Waals surface area contributed by atoms with E-state index in [1.807, 2.05) is 0 Å². The Morgan fingerprint density at radius 2 is 1.67 bits per heavy atom. The maximum atomic E-state index is 8.64. The molecule has 0 spiro atoms. The monoisotopic (exact) mass is 257 g/mol. The number of piperidine rings is 1. The molecule has 2 N–H and O–H groups in total. The fourth-order valence-corrected chi connectivity index (χ4v) is 2.84. The average Bonchev–Trinajstić information content (AvgIpc) is 2.45. The second-order valence-corrected chi connectivity index (χ2v) is 5.23. The lowest BCUT2D eigenvalue weighted by molar-refractivity contribution is -0.0589. The summed E-state index contributed by atoms with van der Waals surface area (Å²) in [6.07, 6.45) is 3.72. The van der Waals surface area contributed by atoms with Gasteiger partial charge in [-0.1, -0.05) is 0 Å². The second-order valence-electron chi connectivity index (χ2n) is 5.23. The summed E-state index contributed by atoms with van der Waals surface area (Å²) in [6.45, 7) is 8.38. The molecule has 5 nitrogen and oxygen atoms in total. The molecule has 0 saturated carbocycles. The molecule has 2 fully saturated rings. The summed E-state index contributed by atoms with van der Waals surface area (Å²) in [5.74, 6) is 0.808. The molecule has 0 aromatic heterocycles. The van der Waals surface area contributed by atoms with Gasteiger partial charge < -0.3 is 15.2 Å². The average molecular weight is 257 g/mol. The largest absolute Gasteiger partial charge is 0.394 e. The normalized spacial score (nSPS) is 24.5. The summed E-state index contributed by atoms with van der Waals surface area (Å²) in [4.78, 5) is 0. The predicted octanol–water partition coefficient (Wildman–Crippen LogP) is -0.0824. The molecule has 0 radical (unpaired) electrons. The highest BCUT2D eigenvalue weighted by atomic mass is 16.5. The predicted molar refractivity (Wildman–Crippen MR) is 71.3 cm³/mol. The van der Waals surface area contributed by atoms with Crippen molar-refractivity contribution in [3.8, 4) is 0 Å². The van der Waals surface area contributed by atoms with E-state index in [0.717, 1.165) is 45.1 Å². The third-order valence-corrected chi connectivity index (χ3v) is 3.99. The summed E-state index contributed by atoms with van der Waals surface area (Å²) in [7, 11) is 0. The highest BCUT2D eigenvalue weighted by molar-refractivity contribution is 4.74. The Balaban J connectivity index is 1.58. The van der Waals surface area contributed by atoms with E-state index in [9.17, 15) is 0 Å². The van der Waals surface area contributed by atoms with Crippen molar-refractivity contribution in [1.82, 2.24) is 15.3 Å². The van der Waals surface area contributed by atoms with Crippen LogP contribution in [0.1, 0.15) is 19.3 Å². The van der Waals surface area contributed by atoms with Gasteiger partial charge in [0, 0.05) is 45.9 Å². The molecular formula is C13H27N3O2. The Labute approximate surface area is 110 Å². The van der Waals surface area contributed by atoms with Gasteiger partial charge in [-0.15, -0.1) is 0 Å². The number of rotatable bonds is 6. The zero-order chi connectivity index (χ0) is 12.6. The Bertz CT molecular complexity index is 214. The van der Waals surface area contributed by atoms with Crippen LogP contribution in [-0.2, 0) is 4.74 Å². The van der Waals surface area contributed by atoms with Gasteiger partial charge in [0.05, 0.1) is 13.2 Å². The zero-order valence-corrected chi connectivity index (χ0v) is 11.3. The smallest absolute Gasteiger partial charge is 0.0697 e. The van der Waals surface area contributed by atoms with Crippen molar-refractivity contribution in [2.24, 2.45) is 5.92 Å². The Morgan fingerprint density at radius 3 is 2.33 bits per heavy atom. The maximum absolute atomic E-state index is 8.64. The van der Waals surface area contributed by atoms with Crippen molar-refractivity contribution >= 4 is 0 Å². The molecule has 0 aromatic rings. The Morgan fingerprint density at radius 1 is 1.00 bits per heavy atom. The van der Waals surface area contributed by atoms with Gasteiger partial charge in [0.15, 0.2) is 0 Å². The van der Waals surface area contributed by atoms with Gasteiger partial charge in [-0.2, -0.15) is 0 Å². The molecule has 0 aromatic carbocycles. The molecule has 106 valence electrons. The fourth-order valence-electron chi connectivity index (χ4n) is 2.84. The maximum Gasteiger partial charge on any atom is 0.0697 e. The SMILES string of the molecule is OCCOCCC1CCN(N2CCNCC2)CC1. The number of ether oxygens (including phenoxy) is 1. The van der Waals surface area contributed by atoms with Gasteiger partial charge in [-0.25, -0.2) is 10.0 Å². The standard InChI is InChI=1S/C13H27N3O2/c17-10-12-18-11-3-13-1-6-15(7-2-13)16-8-4-14-5-9-16/h13-14,17H,1-12H2. The van der Waals surface area contributed by atoms with Crippen LogP contribution in [0.15, 0.2) is 0 Å². The summed E-state index contributed by atoms with van der Waals surface area (Å²) < 4.78 is 5.35. The van der Waals surface area contributed by atoms with E-state index >= 15 is 0 Å². The van der Waals surface area contributed by atoms with Crippen LogP contribution in [0.25, 0.3) is 0 Å². The van der Waals surface area contributed by atoms with Gasteiger partial charge in [0.25, 0.3) is 0 Å². The first-order valence-electron chi connectivity index (χ1n) is 7.29. The zero-order valence-electron chi connectivity index (χ0n) is 11.3. The molecule has 0 atom stereocenters. The minimum Gasteiger partial charge on any atom is -0.394 e. The van der Waals surface area contributed by atoms with E-state index in [0.29, 0.717) is 6.61 Å². The van der Waals surface area contributed by atoms with Gasteiger partial charge in [-0.3, -0.25) is 0 Å². The van der Waals surface area contributed by atoms with Crippen LogP contribution < -0.4 is 5.32 Å². The van der Waals surface area contributed by atoms with Crippen LogP contribution in [-0.4, -0.2) is 74.2 Å². The van der Waals surface area contributed by atoms with Crippen LogP contribution >= 0.6 is 0 Å². The van der Waals surface area contributed by atoms with Crippen molar-refractivity contribution in [3.63, 3.8) is 0 Å². The van der Waals surface area contributed by atoms with Crippen LogP contribution in [0.3, 0.4) is 0 Å². The number of nitrogens with one attached hydrogen (secondary N) is 1. The molecular weight excluding hydrogens is 230 g/mol. The lowest BCUT2D eigenvalue weighted by atomic mass is 9.94. The molecule has 2 aliphatic rings. The molecule has 2 saturated heterocycles. The molecule has 18 heavy (non-hydrogen) atoms. The highest BCUT2D eigenvalue weighted by Gasteiger charge is 2.24. The molecule has 0 unspecified atom stereocenters. The number of aliphatic hydroxyl groups excluding tert-OH is 1. The second kappa shape index (κ2) is 8.07. The van der Waals surface area contributed by atoms with Gasteiger partial charge in [0.2, 0.25) is 0 Å². The van der Waals surface area contributed by atoms with E-state index in [4.69, 9.17) is 9.84 Å². The lowest BCUT2D eigenvalue weighted by Crippen LogP contribution is -2.54. The Hall–Kier alpha value is -0.200. The minimum atomic E-state index is 0.140. The number of aliphatic hydroxyl groups is 1. The van der Waals surface area contributed by atoms with Crippen molar-refractivity contribution in [2.75, 3.05) is 59.1 Å². The van der Waals surface area contributed by atoms with E-state index in [1.54, 1.807) is 0 Å². The summed E-state index contributed by atoms with van der Waals surface area (Å²) in [5, 5.41) is 17.1. The molecule has 2 rings (SSSR count). The molecule has 2 heterocycles. The fraction of sp³-hybridized carbons (Fsp3) is 1.00. The first-order chi connectivity index (χ1) is 8.90. The van der Waals surface area contributed by atoms with E-state index in [-0.39, 0.29) is 6.61 Å². The van der Waals surface area contributed by atoms with Gasteiger partial charge in [-0.05, 0) is 25.2 Å². The third-order valence-electron chi connectivity index (χ3n) is 3.99. The molecule has 0 amide bonds. The quantitative estimate of drug-likeness (QED) is 0.652. The topological polar surface area (TPSA) is 48.0 Å². The molecule has 2 aliphatic heterocycles. The Kier molecular flexibility index (Phi) is 6.37. The summed E-state index contributed by atoms with van der Waals surface area (Å²) in [6, 6.07) is 0. The first-order valence-corrected chi connectivity index (χ1v) is 7.29. The van der Waals surface area contributed by atoms with Crippen LogP contribution in [0.4, 0.5) is 0 Å². The third kappa shape index (κ3) is 4.48. The van der Waals surface area contributed by atoms with Gasteiger partial charge in [0.1, 0.15) is 0 Å². The highest BCUT2D eigenvalue weighted by Crippen LogP contribution is 2.21. The number of nitrogens with zero attached hydrogens (tertiary/aromatic N) is 2. The van der Waals surface area contributed by atoms with Crippen molar-refractivity contribution in [3.05, 3.63) is 0 Å². The number of hydrogen-bond acceptors (Lipinski definition) is 5. The number of hydrogen-bond donors (Lipinski definition) is 2. The lowest BCUT2D eigenvalue weighted by Gasteiger charge is -2.41. The van der Waals surface area contributed by atoms with E-state index < -0.39 is 0 Å². The first kappa shape index (κ1) is 14.2. The minimum absolute atomic E-state index is 0.140. The number of hydrazine groups is 1. The molecule has 5 heteroatoms. The summed E-state index contributed by atoms with van der Waals surface area (Å²) >= 11 is 0. The molecule has 0 bridgehead atoms.